The van der Waals surface area contributed by atoms with Crippen molar-refractivity contribution in [2.45, 2.75) is 13.8 Å². The van der Waals surface area contributed by atoms with Crippen LogP contribution in [0.25, 0.3) is 17.1 Å². The molecule has 0 amide bonds. The lowest BCUT2D eigenvalue weighted by molar-refractivity contribution is 0.0462. The van der Waals surface area contributed by atoms with Crippen molar-refractivity contribution < 1.29 is 18.7 Å². The van der Waals surface area contributed by atoms with Crippen molar-refractivity contribution in [2.24, 2.45) is 0 Å². The van der Waals surface area contributed by atoms with Gasteiger partial charge in [-0.2, -0.15) is 0 Å². The molecule has 166 valence electrons. The van der Waals surface area contributed by atoms with Crippen LogP contribution in [0.1, 0.15) is 32.1 Å². The van der Waals surface area contributed by atoms with E-state index in [4.69, 9.17) is 4.74 Å². The molecular formula is C25H19BrFN3O3. The smallest absolute Gasteiger partial charge is 0.378 e. The summed E-state index contributed by atoms with van der Waals surface area (Å²) in [6.07, 6.45) is 0. The van der Waals surface area contributed by atoms with Crippen LogP contribution in [0.5, 0.6) is 0 Å². The zero-order valence-electron chi connectivity index (χ0n) is 17.9. The summed E-state index contributed by atoms with van der Waals surface area (Å²) in [6, 6.07) is 18.2. The largest absolute Gasteiger partial charge is 0.451 e. The van der Waals surface area contributed by atoms with Gasteiger partial charge in [-0.1, -0.05) is 40.2 Å². The molecule has 33 heavy (non-hydrogen) atoms. The summed E-state index contributed by atoms with van der Waals surface area (Å²) in [5, 5.41) is 4.36. The maximum atomic E-state index is 13.5. The number of hydrogen-bond acceptors (Lipinski definition) is 5. The maximum Gasteiger partial charge on any atom is 0.378 e. The predicted octanol–water partition coefficient (Wildman–Crippen LogP) is 5.49. The molecule has 0 unspecified atom stereocenters. The van der Waals surface area contributed by atoms with Gasteiger partial charge in [0, 0.05) is 15.6 Å². The molecule has 0 saturated heterocycles. The molecule has 1 heterocycles. The van der Waals surface area contributed by atoms with Crippen LogP contribution in [0.15, 0.2) is 71.2 Å². The number of hydrogen-bond donors (Lipinski definition) is 0. The van der Waals surface area contributed by atoms with E-state index in [1.807, 2.05) is 32.0 Å². The van der Waals surface area contributed by atoms with Crippen molar-refractivity contribution in [3.05, 3.63) is 99.5 Å². The molecule has 0 fully saturated rings. The van der Waals surface area contributed by atoms with E-state index in [0.29, 0.717) is 17.0 Å². The van der Waals surface area contributed by atoms with Gasteiger partial charge in [-0.15, -0.1) is 5.10 Å². The zero-order chi connectivity index (χ0) is 23.5. The number of Topliss-reactive ketones (excluding diaryl/α,β-unsaturated/α-hetero) is 1. The van der Waals surface area contributed by atoms with E-state index in [-0.39, 0.29) is 17.4 Å². The summed E-state index contributed by atoms with van der Waals surface area (Å²) >= 11 is 3.31. The second-order valence-corrected chi connectivity index (χ2v) is 8.32. The van der Waals surface area contributed by atoms with Crippen molar-refractivity contribution in [3.8, 4) is 17.1 Å². The van der Waals surface area contributed by atoms with E-state index in [2.05, 4.69) is 26.0 Å². The van der Waals surface area contributed by atoms with Crippen molar-refractivity contribution in [1.82, 2.24) is 14.8 Å². The van der Waals surface area contributed by atoms with Crippen molar-refractivity contribution >= 4 is 27.7 Å². The van der Waals surface area contributed by atoms with Gasteiger partial charge in [0.25, 0.3) is 5.82 Å². The molecule has 8 heteroatoms. The molecule has 0 aliphatic heterocycles. The molecule has 3 aromatic carbocycles. The first-order valence-corrected chi connectivity index (χ1v) is 10.9. The molecule has 1 aromatic heterocycles. The molecule has 4 rings (SSSR count). The number of ether oxygens (including phenoxy) is 1. The van der Waals surface area contributed by atoms with Crippen LogP contribution in [-0.4, -0.2) is 33.1 Å². The number of halogens is 2. The Morgan fingerprint density at radius 1 is 1.00 bits per heavy atom. The molecule has 4 aromatic rings. The summed E-state index contributed by atoms with van der Waals surface area (Å²) in [7, 11) is 0. The van der Waals surface area contributed by atoms with E-state index >= 15 is 0 Å². The van der Waals surface area contributed by atoms with Crippen molar-refractivity contribution in [1.29, 1.82) is 0 Å². The number of nitrogens with zero attached hydrogens (tertiary/aromatic N) is 3. The third kappa shape index (κ3) is 4.90. The fraction of sp³-hybridized carbons (Fsp3) is 0.120. The summed E-state index contributed by atoms with van der Waals surface area (Å²) in [5.41, 5.74) is 3.72. The van der Waals surface area contributed by atoms with E-state index in [0.717, 1.165) is 21.3 Å². The van der Waals surface area contributed by atoms with Gasteiger partial charge >= 0.3 is 5.97 Å². The van der Waals surface area contributed by atoms with Gasteiger partial charge in [0.2, 0.25) is 0 Å². The SMILES string of the molecule is Cc1cccc(-n2nc(C(=O)OCC(=O)c3ccc(Br)cc3)nc2-c2ccc(F)cc2)c1C. The number of carbonyl (C=O) groups is 2. The van der Waals surface area contributed by atoms with Crippen LogP contribution in [0, 0.1) is 19.7 Å². The number of ketones is 1. The third-order valence-electron chi connectivity index (χ3n) is 5.20. The Labute approximate surface area is 198 Å². The van der Waals surface area contributed by atoms with Crippen LogP contribution in [0.3, 0.4) is 0 Å². The minimum Gasteiger partial charge on any atom is -0.451 e. The Morgan fingerprint density at radius 3 is 2.39 bits per heavy atom. The number of benzene rings is 3. The second-order valence-electron chi connectivity index (χ2n) is 7.40. The normalized spacial score (nSPS) is 10.8. The highest BCUT2D eigenvalue weighted by molar-refractivity contribution is 9.10. The second kappa shape index (κ2) is 9.46. The highest BCUT2D eigenvalue weighted by atomic mass is 79.9. The molecule has 0 spiro atoms. The minimum atomic E-state index is -0.826. The third-order valence-corrected chi connectivity index (χ3v) is 5.73. The van der Waals surface area contributed by atoms with Gasteiger partial charge in [0.15, 0.2) is 18.2 Å². The highest BCUT2D eigenvalue weighted by Gasteiger charge is 2.22. The van der Waals surface area contributed by atoms with E-state index in [1.54, 1.807) is 36.4 Å². The molecule has 0 atom stereocenters. The Kier molecular flexibility index (Phi) is 6.46. The van der Waals surface area contributed by atoms with Crippen molar-refractivity contribution in [3.63, 3.8) is 0 Å². The maximum absolute atomic E-state index is 13.5. The van der Waals surface area contributed by atoms with Gasteiger partial charge in [-0.3, -0.25) is 4.79 Å². The van der Waals surface area contributed by atoms with E-state index < -0.39 is 12.6 Å². The first kappa shape index (κ1) is 22.5. The zero-order valence-corrected chi connectivity index (χ0v) is 19.5. The fourth-order valence-corrected chi connectivity index (χ4v) is 3.50. The Bertz CT molecular complexity index is 1330. The lowest BCUT2D eigenvalue weighted by Crippen LogP contribution is -2.15. The first-order chi connectivity index (χ1) is 15.8. The predicted molar refractivity (Wildman–Crippen MR) is 125 cm³/mol. The fourth-order valence-electron chi connectivity index (χ4n) is 3.23. The van der Waals surface area contributed by atoms with Crippen LogP contribution < -0.4 is 0 Å². The van der Waals surface area contributed by atoms with Crippen LogP contribution >= 0.6 is 15.9 Å². The van der Waals surface area contributed by atoms with Crippen LogP contribution in [0.4, 0.5) is 4.39 Å². The lowest BCUT2D eigenvalue weighted by atomic mass is 10.1. The Balaban J connectivity index is 1.65. The monoisotopic (exact) mass is 507 g/mol. The minimum absolute atomic E-state index is 0.196. The molecule has 0 N–H and O–H groups in total. The van der Waals surface area contributed by atoms with Gasteiger partial charge in [-0.05, 0) is 67.4 Å². The summed E-state index contributed by atoms with van der Waals surface area (Å²) in [5.74, 6) is -1.40. The van der Waals surface area contributed by atoms with E-state index in [9.17, 15) is 14.0 Å². The van der Waals surface area contributed by atoms with E-state index in [1.165, 1.54) is 16.8 Å². The standard InChI is InChI=1S/C25H19BrFN3O3/c1-15-4-3-5-21(16(15)2)30-24(18-8-12-20(27)13-9-18)28-23(29-30)25(32)33-14-22(31)17-6-10-19(26)11-7-17/h3-13H,14H2,1-2H3. The summed E-state index contributed by atoms with van der Waals surface area (Å²) in [4.78, 5) is 29.4. The van der Waals surface area contributed by atoms with Gasteiger partial charge in [-0.25, -0.2) is 18.9 Å². The topological polar surface area (TPSA) is 74.1 Å². The molecule has 6 nitrogen and oxygen atoms in total. The Morgan fingerprint density at radius 2 is 1.70 bits per heavy atom. The summed E-state index contributed by atoms with van der Waals surface area (Å²) in [6.45, 7) is 3.47. The molecule has 0 radical (unpaired) electrons. The molecule has 0 aliphatic carbocycles. The first-order valence-electron chi connectivity index (χ1n) is 10.1. The van der Waals surface area contributed by atoms with Gasteiger partial charge in [0.05, 0.1) is 5.69 Å². The Hall–Kier alpha value is -3.65. The number of esters is 1. The average molecular weight is 508 g/mol. The number of rotatable bonds is 6. The molecular weight excluding hydrogens is 489 g/mol. The molecule has 0 saturated carbocycles. The lowest BCUT2D eigenvalue weighted by Gasteiger charge is -2.11. The van der Waals surface area contributed by atoms with Gasteiger partial charge in [0.1, 0.15) is 5.82 Å². The number of carbonyl (C=O) groups excluding carboxylic acids is 2. The van der Waals surface area contributed by atoms with Crippen molar-refractivity contribution in [2.75, 3.05) is 6.61 Å². The van der Waals surface area contributed by atoms with Crippen LogP contribution in [0.2, 0.25) is 0 Å². The number of aromatic nitrogens is 3. The van der Waals surface area contributed by atoms with Gasteiger partial charge < -0.3 is 4.74 Å². The molecule has 0 bridgehead atoms. The summed E-state index contributed by atoms with van der Waals surface area (Å²) < 4.78 is 21.0. The highest BCUT2D eigenvalue weighted by Crippen LogP contribution is 2.25. The average Bonchev–Trinajstić information content (AvgIpc) is 3.25. The number of aryl methyl sites for hydroxylation is 1. The quantitative estimate of drug-likeness (QED) is 0.254. The molecule has 0 aliphatic rings. The van der Waals surface area contributed by atoms with Crippen LogP contribution in [-0.2, 0) is 4.74 Å².